The first-order chi connectivity index (χ1) is 17.0. The van der Waals surface area contributed by atoms with E-state index in [2.05, 4.69) is 17.0 Å². The monoisotopic (exact) mass is 468 g/mol. The van der Waals surface area contributed by atoms with Gasteiger partial charge in [-0.05, 0) is 41.8 Å². The van der Waals surface area contributed by atoms with E-state index in [1.54, 1.807) is 42.5 Å². The Labute approximate surface area is 202 Å². The van der Waals surface area contributed by atoms with Gasteiger partial charge in [-0.25, -0.2) is 9.69 Å². The van der Waals surface area contributed by atoms with Gasteiger partial charge in [0.25, 0.3) is 5.91 Å². The van der Waals surface area contributed by atoms with Crippen LogP contribution in [0.3, 0.4) is 0 Å². The van der Waals surface area contributed by atoms with Crippen molar-refractivity contribution < 1.29 is 23.9 Å². The van der Waals surface area contributed by atoms with Gasteiger partial charge in [0.2, 0.25) is 5.91 Å². The van der Waals surface area contributed by atoms with Crippen LogP contribution in [0.15, 0.2) is 78.9 Å². The largest absolute Gasteiger partial charge is 0.454 e. The molecule has 3 aromatic rings. The van der Waals surface area contributed by atoms with E-state index in [1.165, 1.54) is 28.2 Å². The van der Waals surface area contributed by atoms with Crippen molar-refractivity contribution in [2.45, 2.75) is 25.4 Å². The summed E-state index contributed by atoms with van der Waals surface area (Å²) in [7, 11) is 0. The molecule has 5 rings (SSSR count). The highest BCUT2D eigenvalue weighted by Gasteiger charge is 2.43. The van der Waals surface area contributed by atoms with Crippen LogP contribution in [-0.4, -0.2) is 47.7 Å². The number of rotatable bonds is 6. The summed E-state index contributed by atoms with van der Waals surface area (Å²) in [4.78, 5) is 53.7. The third-order valence-corrected chi connectivity index (χ3v) is 6.52. The number of amides is 2. The van der Waals surface area contributed by atoms with Gasteiger partial charge in [-0.15, -0.1) is 0 Å². The maximum absolute atomic E-state index is 13.2. The lowest BCUT2D eigenvalue weighted by Crippen LogP contribution is -2.44. The highest BCUT2D eigenvalue weighted by atomic mass is 16.5. The highest BCUT2D eigenvalue weighted by Crippen LogP contribution is 2.29. The number of Topliss-reactive ketones (excluding diaryl/α,β-unsaturated/α-hetero) is 1. The molecule has 1 saturated heterocycles. The Morgan fingerprint density at radius 3 is 2.26 bits per heavy atom. The van der Waals surface area contributed by atoms with E-state index in [0.29, 0.717) is 17.8 Å². The fourth-order valence-corrected chi connectivity index (χ4v) is 4.62. The van der Waals surface area contributed by atoms with Gasteiger partial charge >= 0.3 is 5.97 Å². The standard InChI is InChI=1S/C28H24N2O5/c31-25(20-7-2-1-3-8-20)18-35-28(34)21-10-12-23(13-11-21)30-26(32)16-24(27(30)33)29-15-14-19-6-4-5-9-22(19)17-29/h1-13,24H,14-18H2. The Kier molecular flexibility index (Phi) is 6.25. The molecular weight excluding hydrogens is 444 g/mol. The second kappa shape index (κ2) is 9.64. The summed E-state index contributed by atoms with van der Waals surface area (Å²) in [6.07, 6.45) is 0.976. The minimum absolute atomic E-state index is 0.131. The zero-order valence-corrected chi connectivity index (χ0v) is 19.1. The van der Waals surface area contributed by atoms with E-state index in [9.17, 15) is 19.2 Å². The van der Waals surface area contributed by atoms with E-state index in [-0.39, 0.29) is 36.2 Å². The molecule has 1 unspecified atom stereocenters. The molecule has 2 aliphatic heterocycles. The van der Waals surface area contributed by atoms with Crippen LogP contribution < -0.4 is 4.90 Å². The Morgan fingerprint density at radius 1 is 0.829 bits per heavy atom. The molecule has 1 atom stereocenters. The first-order valence-electron chi connectivity index (χ1n) is 11.5. The first kappa shape index (κ1) is 22.7. The Hall–Kier alpha value is -4.10. The molecule has 0 N–H and O–H groups in total. The number of carbonyl (C=O) groups excluding carboxylic acids is 4. The van der Waals surface area contributed by atoms with Gasteiger partial charge in [-0.1, -0.05) is 54.6 Å². The van der Waals surface area contributed by atoms with Crippen molar-refractivity contribution in [1.29, 1.82) is 0 Å². The molecule has 3 aromatic carbocycles. The lowest BCUT2D eigenvalue weighted by atomic mass is 9.98. The minimum atomic E-state index is -0.648. The first-order valence-corrected chi connectivity index (χ1v) is 11.5. The molecule has 1 fully saturated rings. The predicted octanol–water partition coefficient (Wildman–Crippen LogP) is 3.42. The number of benzene rings is 3. The lowest BCUT2D eigenvalue weighted by Gasteiger charge is -2.32. The summed E-state index contributed by atoms with van der Waals surface area (Å²) < 4.78 is 5.13. The third kappa shape index (κ3) is 4.63. The molecule has 35 heavy (non-hydrogen) atoms. The fourth-order valence-electron chi connectivity index (χ4n) is 4.62. The molecular formula is C28H24N2O5. The smallest absolute Gasteiger partial charge is 0.338 e. The molecule has 176 valence electrons. The average Bonchev–Trinajstić information content (AvgIpc) is 3.20. The van der Waals surface area contributed by atoms with E-state index < -0.39 is 12.0 Å². The summed E-state index contributed by atoms with van der Waals surface area (Å²) >= 11 is 0. The van der Waals surface area contributed by atoms with Crippen molar-refractivity contribution in [3.05, 3.63) is 101 Å². The number of anilines is 1. The third-order valence-electron chi connectivity index (χ3n) is 6.52. The number of ether oxygens (including phenoxy) is 1. The van der Waals surface area contributed by atoms with Crippen LogP contribution in [0.1, 0.15) is 38.3 Å². The number of imide groups is 1. The van der Waals surface area contributed by atoms with Crippen LogP contribution in [0.4, 0.5) is 5.69 Å². The van der Waals surface area contributed by atoms with Gasteiger partial charge in [0, 0.05) is 18.7 Å². The molecule has 7 heteroatoms. The Morgan fingerprint density at radius 2 is 1.51 bits per heavy atom. The average molecular weight is 469 g/mol. The van der Waals surface area contributed by atoms with E-state index in [0.717, 1.165) is 13.0 Å². The van der Waals surface area contributed by atoms with Crippen LogP contribution in [0, 0.1) is 0 Å². The van der Waals surface area contributed by atoms with Crippen molar-refractivity contribution in [3.63, 3.8) is 0 Å². The highest BCUT2D eigenvalue weighted by molar-refractivity contribution is 6.22. The zero-order valence-electron chi connectivity index (χ0n) is 19.1. The number of hydrogen-bond acceptors (Lipinski definition) is 6. The maximum atomic E-state index is 13.2. The fraction of sp³-hybridized carbons (Fsp3) is 0.214. The van der Waals surface area contributed by atoms with Crippen molar-refractivity contribution >= 4 is 29.3 Å². The van der Waals surface area contributed by atoms with Gasteiger partial charge in [0.1, 0.15) is 0 Å². The molecule has 2 heterocycles. The number of ketones is 1. The van der Waals surface area contributed by atoms with Crippen LogP contribution in [0.25, 0.3) is 0 Å². The van der Waals surface area contributed by atoms with E-state index in [1.807, 2.05) is 12.1 Å². The van der Waals surface area contributed by atoms with Gasteiger partial charge in [0.05, 0.1) is 23.7 Å². The van der Waals surface area contributed by atoms with Crippen LogP contribution >= 0.6 is 0 Å². The van der Waals surface area contributed by atoms with E-state index in [4.69, 9.17) is 4.74 Å². The number of hydrogen-bond donors (Lipinski definition) is 0. The lowest BCUT2D eigenvalue weighted by molar-refractivity contribution is -0.123. The molecule has 7 nitrogen and oxygen atoms in total. The SMILES string of the molecule is O=C(COC(=O)c1ccc(N2C(=O)CC(N3CCc4ccccc4C3)C2=O)cc1)c1ccccc1. The minimum Gasteiger partial charge on any atom is -0.454 e. The number of esters is 1. The number of nitrogens with zero attached hydrogens (tertiary/aromatic N) is 2. The van der Waals surface area contributed by atoms with Crippen molar-refractivity contribution in [2.24, 2.45) is 0 Å². The topological polar surface area (TPSA) is 84.0 Å². The van der Waals surface area contributed by atoms with Gasteiger partial charge < -0.3 is 4.74 Å². The molecule has 0 aromatic heterocycles. The molecule has 2 aliphatic rings. The van der Waals surface area contributed by atoms with Crippen LogP contribution in [-0.2, 0) is 27.3 Å². The van der Waals surface area contributed by atoms with Crippen LogP contribution in [0.5, 0.6) is 0 Å². The molecule has 2 amide bonds. The molecule has 0 saturated carbocycles. The number of carbonyl (C=O) groups is 4. The Bertz CT molecular complexity index is 1290. The molecule has 0 bridgehead atoms. The summed E-state index contributed by atoms with van der Waals surface area (Å²) in [5.41, 5.74) is 3.58. The summed E-state index contributed by atoms with van der Waals surface area (Å²) in [5.74, 6) is -1.46. The second-order valence-electron chi connectivity index (χ2n) is 8.69. The van der Waals surface area contributed by atoms with Crippen molar-refractivity contribution in [3.8, 4) is 0 Å². The number of fused-ring (bicyclic) bond motifs is 1. The normalized spacial score (nSPS) is 17.8. The molecule has 0 radical (unpaired) electrons. The predicted molar refractivity (Wildman–Crippen MR) is 129 cm³/mol. The second-order valence-corrected chi connectivity index (χ2v) is 8.69. The van der Waals surface area contributed by atoms with E-state index >= 15 is 0 Å². The Balaban J connectivity index is 1.23. The quantitative estimate of drug-likeness (QED) is 0.313. The van der Waals surface area contributed by atoms with Gasteiger partial charge in [-0.3, -0.25) is 19.3 Å². The maximum Gasteiger partial charge on any atom is 0.338 e. The van der Waals surface area contributed by atoms with Crippen LogP contribution in [0.2, 0.25) is 0 Å². The van der Waals surface area contributed by atoms with Gasteiger partial charge in [-0.2, -0.15) is 0 Å². The summed E-state index contributed by atoms with van der Waals surface area (Å²) in [6, 6.07) is 22.4. The van der Waals surface area contributed by atoms with Crippen molar-refractivity contribution in [2.75, 3.05) is 18.1 Å². The molecule has 0 aliphatic carbocycles. The summed E-state index contributed by atoms with van der Waals surface area (Å²) in [6.45, 7) is 0.996. The van der Waals surface area contributed by atoms with Gasteiger partial charge in [0.15, 0.2) is 12.4 Å². The zero-order chi connectivity index (χ0) is 24.4. The molecule has 0 spiro atoms. The summed E-state index contributed by atoms with van der Waals surface area (Å²) in [5, 5.41) is 0. The van der Waals surface area contributed by atoms with Crippen molar-refractivity contribution in [1.82, 2.24) is 4.90 Å².